The van der Waals surface area contributed by atoms with Crippen LogP contribution in [0.15, 0.2) is 45.8 Å². The SMILES string of the molecule is CCOC(=O)c1coc(C(C)=O)c(OCc2ccccc2)c1=O. The van der Waals surface area contributed by atoms with E-state index < -0.39 is 17.2 Å². The minimum atomic E-state index is -0.819. The first-order valence-electron chi connectivity index (χ1n) is 7.05. The van der Waals surface area contributed by atoms with E-state index in [1.807, 2.05) is 30.3 Å². The van der Waals surface area contributed by atoms with E-state index in [0.717, 1.165) is 11.8 Å². The molecule has 0 atom stereocenters. The summed E-state index contributed by atoms with van der Waals surface area (Å²) in [4.78, 5) is 35.8. The highest BCUT2D eigenvalue weighted by atomic mass is 16.5. The Morgan fingerprint density at radius 2 is 1.87 bits per heavy atom. The van der Waals surface area contributed by atoms with Crippen molar-refractivity contribution in [1.82, 2.24) is 0 Å². The van der Waals surface area contributed by atoms with Crippen molar-refractivity contribution in [3.8, 4) is 5.75 Å². The molecule has 0 spiro atoms. The minimum absolute atomic E-state index is 0.0676. The Balaban J connectivity index is 2.38. The van der Waals surface area contributed by atoms with E-state index in [9.17, 15) is 14.4 Å². The molecule has 6 heteroatoms. The molecule has 0 saturated heterocycles. The fraction of sp³-hybridized carbons (Fsp3) is 0.235. The zero-order valence-electron chi connectivity index (χ0n) is 12.8. The van der Waals surface area contributed by atoms with Crippen LogP contribution in [0, 0.1) is 0 Å². The number of esters is 1. The van der Waals surface area contributed by atoms with Gasteiger partial charge < -0.3 is 13.9 Å². The van der Waals surface area contributed by atoms with Crippen LogP contribution in [-0.2, 0) is 11.3 Å². The maximum atomic E-state index is 12.4. The van der Waals surface area contributed by atoms with Gasteiger partial charge in [0.1, 0.15) is 18.4 Å². The van der Waals surface area contributed by atoms with Gasteiger partial charge in [0.15, 0.2) is 5.78 Å². The van der Waals surface area contributed by atoms with E-state index in [4.69, 9.17) is 13.9 Å². The Labute approximate surface area is 132 Å². The van der Waals surface area contributed by atoms with Gasteiger partial charge in [0, 0.05) is 6.92 Å². The molecule has 23 heavy (non-hydrogen) atoms. The van der Waals surface area contributed by atoms with Crippen LogP contribution in [0.5, 0.6) is 5.75 Å². The maximum Gasteiger partial charge on any atom is 0.345 e. The third-order valence-electron chi connectivity index (χ3n) is 2.99. The molecular weight excluding hydrogens is 300 g/mol. The Kier molecular flexibility index (Phi) is 5.30. The molecule has 0 N–H and O–H groups in total. The van der Waals surface area contributed by atoms with Crippen LogP contribution in [0.3, 0.4) is 0 Å². The Bertz CT molecular complexity index is 760. The molecule has 0 bridgehead atoms. The van der Waals surface area contributed by atoms with Gasteiger partial charge in [0.05, 0.1) is 6.61 Å². The van der Waals surface area contributed by atoms with Crippen LogP contribution >= 0.6 is 0 Å². The highest BCUT2D eigenvalue weighted by Gasteiger charge is 2.23. The van der Waals surface area contributed by atoms with Gasteiger partial charge in [-0.1, -0.05) is 30.3 Å². The van der Waals surface area contributed by atoms with Gasteiger partial charge in [0.25, 0.3) is 0 Å². The first kappa shape index (κ1) is 16.5. The summed E-state index contributed by atoms with van der Waals surface area (Å²) in [5.74, 6) is -1.80. The van der Waals surface area contributed by atoms with Crippen molar-refractivity contribution in [1.29, 1.82) is 0 Å². The maximum absolute atomic E-state index is 12.4. The largest absolute Gasteiger partial charge is 0.481 e. The number of ether oxygens (including phenoxy) is 2. The third kappa shape index (κ3) is 3.85. The first-order valence-corrected chi connectivity index (χ1v) is 7.05. The molecule has 0 aliphatic carbocycles. The molecule has 0 unspecified atom stereocenters. The van der Waals surface area contributed by atoms with Gasteiger partial charge >= 0.3 is 5.97 Å². The average Bonchev–Trinajstić information content (AvgIpc) is 2.54. The second-order valence-corrected chi connectivity index (χ2v) is 4.69. The molecule has 0 radical (unpaired) electrons. The Hall–Kier alpha value is -2.89. The van der Waals surface area contributed by atoms with E-state index in [-0.39, 0.29) is 30.3 Å². The highest BCUT2D eigenvalue weighted by molar-refractivity contribution is 5.95. The normalized spacial score (nSPS) is 10.2. The molecule has 1 aromatic heterocycles. The topological polar surface area (TPSA) is 82.8 Å². The van der Waals surface area contributed by atoms with Gasteiger partial charge in [-0.25, -0.2) is 4.79 Å². The van der Waals surface area contributed by atoms with Gasteiger partial charge in [-0.05, 0) is 12.5 Å². The van der Waals surface area contributed by atoms with Crippen LogP contribution in [0.1, 0.15) is 40.3 Å². The highest BCUT2D eigenvalue weighted by Crippen LogP contribution is 2.17. The lowest BCUT2D eigenvalue weighted by Crippen LogP contribution is -2.21. The molecule has 0 aliphatic heterocycles. The molecule has 0 aliphatic rings. The van der Waals surface area contributed by atoms with Crippen molar-refractivity contribution in [3.63, 3.8) is 0 Å². The molecule has 0 fully saturated rings. The lowest BCUT2D eigenvalue weighted by Gasteiger charge is -2.09. The first-order chi connectivity index (χ1) is 11.0. The van der Waals surface area contributed by atoms with Crippen LogP contribution < -0.4 is 10.2 Å². The average molecular weight is 316 g/mol. The van der Waals surface area contributed by atoms with Crippen molar-refractivity contribution in [2.75, 3.05) is 6.61 Å². The predicted octanol–water partition coefficient (Wildman–Crippen LogP) is 2.60. The van der Waals surface area contributed by atoms with E-state index >= 15 is 0 Å². The van der Waals surface area contributed by atoms with Gasteiger partial charge in [-0.2, -0.15) is 0 Å². The van der Waals surface area contributed by atoms with Crippen LogP contribution in [0.2, 0.25) is 0 Å². The summed E-state index contributed by atoms with van der Waals surface area (Å²) in [6.45, 7) is 3.05. The second kappa shape index (κ2) is 7.40. The summed E-state index contributed by atoms with van der Waals surface area (Å²) < 4.78 is 15.3. The number of carbonyl (C=O) groups excluding carboxylic acids is 2. The number of hydrogen-bond acceptors (Lipinski definition) is 6. The quantitative estimate of drug-likeness (QED) is 0.602. The number of Topliss-reactive ketones (excluding diaryl/α,β-unsaturated/α-hetero) is 1. The van der Waals surface area contributed by atoms with E-state index in [1.165, 1.54) is 6.92 Å². The summed E-state index contributed by atoms with van der Waals surface area (Å²) in [5, 5.41) is 0. The molecular formula is C17H16O6. The van der Waals surface area contributed by atoms with Crippen LogP contribution in [-0.4, -0.2) is 18.4 Å². The minimum Gasteiger partial charge on any atom is -0.481 e. The fourth-order valence-corrected chi connectivity index (χ4v) is 1.90. The predicted molar refractivity (Wildman–Crippen MR) is 81.7 cm³/mol. The molecule has 1 heterocycles. The van der Waals surface area contributed by atoms with Crippen LogP contribution in [0.25, 0.3) is 0 Å². The zero-order chi connectivity index (χ0) is 16.8. The standard InChI is InChI=1S/C17H16O6/c1-3-21-17(20)13-10-23-15(11(2)18)16(14(13)19)22-9-12-7-5-4-6-8-12/h4-8,10H,3,9H2,1-2H3. The molecule has 0 saturated carbocycles. The molecule has 120 valence electrons. The van der Waals surface area contributed by atoms with Crippen molar-refractivity contribution in [2.45, 2.75) is 20.5 Å². The van der Waals surface area contributed by atoms with E-state index in [2.05, 4.69) is 0 Å². The summed E-state index contributed by atoms with van der Waals surface area (Å²) in [5.41, 5.74) is -0.223. The van der Waals surface area contributed by atoms with Gasteiger partial charge in [-0.3, -0.25) is 9.59 Å². The molecule has 2 rings (SSSR count). The number of carbonyl (C=O) groups is 2. The summed E-state index contributed by atoms with van der Waals surface area (Å²) >= 11 is 0. The number of hydrogen-bond donors (Lipinski definition) is 0. The summed E-state index contributed by atoms with van der Waals surface area (Å²) in [6, 6.07) is 9.11. The monoisotopic (exact) mass is 316 g/mol. The number of ketones is 1. The summed E-state index contributed by atoms with van der Waals surface area (Å²) in [6.07, 6.45) is 0.923. The number of rotatable bonds is 6. The third-order valence-corrected chi connectivity index (χ3v) is 2.99. The van der Waals surface area contributed by atoms with Crippen molar-refractivity contribution >= 4 is 11.8 Å². The van der Waals surface area contributed by atoms with Crippen molar-refractivity contribution < 1.29 is 23.5 Å². The fourth-order valence-electron chi connectivity index (χ4n) is 1.90. The zero-order valence-corrected chi connectivity index (χ0v) is 12.8. The van der Waals surface area contributed by atoms with E-state index in [1.54, 1.807) is 6.92 Å². The van der Waals surface area contributed by atoms with Gasteiger partial charge in [0.2, 0.25) is 16.9 Å². The van der Waals surface area contributed by atoms with Crippen LogP contribution in [0.4, 0.5) is 0 Å². The van der Waals surface area contributed by atoms with Gasteiger partial charge in [-0.15, -0.1) is 0 Å². The van der Waals surface area contributed by atoms with E-state index in [0.29, 0.717) is 0 Å². The Morgan fingerprint density at radius 3 is 2.48 bits per heavy atom. The Morgan fingerprint density at radius 1 is 1.17 bits per heavy atom. The van der Waals surface area contributed by atoms with Crippen molar-refractivity contribution in [3.05, 3.63) is 63.7 Å². The lowest BCUT2D eigenvalue weighted by molar-refractivity contribution is 0.0519. The molecule has 2 aromatic rings. The second-order valence-electron chi connectivity index (χ2n) is 4.69. The van der Waals surface area contributed by atoms with Crippen molar-refractivity contribution in [2.24, 2.45) is 0 Å². The summed E-state index contributed by atoms with van der Waals surface area (Å²) in [7, 11) is 0. The number of benzene rings is 1. The molecule has 1 aromatic carbocycles. The lowest BCUT2D eigenvalue weighted by atomic mass is 10.2. The molecule has 0 amide bonds. The molecule has 6 nitrogen and oxygen atoms in total. The smallest absolute Gasteiger partial charge is 0.345 e.